The Bertz CT molecular complexity index is 1110. The number of halogens is 3. The summed E-state index contributed by atoms with van der Waals surface area (Å²) in [5.74, 6) is -4.48. The van der Waals surface area contributed by atoms with Crippen LogP contribution in [0.4, 0.5) is 18.9 Å². The number of piperazine rings is 1. The minimum absolute atomic E-state index is 0.167. The van der Waals surface area contributed by atoms with E-state index in [1.165, 1.54) is 0 Å². The minimum Gasteiger partial charge on any atom is -0.481 e. The maximum absolute atomic E-state index is 12.5. The summed E-state index contributed by atoms with van der Waals surface area (Å²) in [6.45, 7) is 3.34. The van der Waals surface area contributed by atoms with Crippen LogP contribution in [-0.2, 0) is 20.8 Å². The minimum atomic E-state index is -5.08. The number of alkyl halides is 3. The molecule has 1 atom stereocenters. The van der Waals surface area contributed by atoms with Crippen molar-refractivity contribution in [1.29, 1.82) is 0 Å². The van der Waals surface area contributed by atoms with E-state index >= 15 is 0 Å². The zero-order chi connectivity index (χ0) is 28.8. The van der Waals surface area contributed by atoms with Gasteiger partial charge in [0.25, 0.3) is 5.91 Å². The first-order valence-corrected chi connectivity index (χ1v) is 12.1. The second-order valence-electron chi connectivity index (χ2n) is 8.66. The number of carboxylic acids is 2. The second-order valence-corrected chi connectivity index (χ2v) is 8.66. The van der Waals surface area contributed by atoms with Crippen LogP contribution in [-0.4, -0.2) is 78.9 Å². The topological polar surface area (TPSA) is 148 Å². The average molecular weight is 553 g/mol. The number of carbonyl (C=O) groups excluding carboxylic acids is 2. The normalized spacial score (nSPS) is 13.9. The van der Waals surface area contributed by atoms with Crippen LogP contribution in [0.5, 0.6) is 0 Å². The van der Waals surface area contributed by atoms with E-state index in [0.717, 1.165) is 37.4 Å². The van der Waals surface area contributed by atoms with Crippen LogP contribution < -0.4 is 20.9 Å². The number of amides is 2. The quantitative estimate of drug-likeness (QED) is 0.301. The third-order valence-corrected chi connectivity index (χ3v) is 5.65. The van der Waals surface area contributed by atoms with Gasteiger partial charge in [0.1, 0.15) is 0 Å². The molecule has 2 aromatic carbocycles. The molecule has 212 valence electrons. The highest BCUT2D eigenvalue weighted by Crippen LogP contribution is 2.17. The monoisotopic (exact) mass is 552 g/mol. The fourth-order valence-corrected chi connectivity index (χ4v) is 3.73. The zero-order valence-electron chi connectivity index (χ0n) is 21.0. The standard InChI is InChI=1S/C24H30N4O4.C2HF3O2/c29-22(27-20(16-23(30)31)10-9-18-5-2-1-3-6-18)17-26-24(32)19-7-4-8-21(15-19)28-13-11-25-12-14-28;3-2(4,5)1(6)7/h1-8,15,20,25H,9-14,16-17H2,(H,26,32)(H,27,29)(H,30,31);(H,6,7)/t20-;/m1./s1. The third-order valence-electron chi connectivity index (χ3n) is 5.65. The van der Waals surface area contributed by atoms with E-state index in [0.29, 0.717) is 18.4 Å². The number of hydrogen-bond acceptors (Lipinski definition) is 6. The number of carboxylic acid groups (broad SMARTS) is 2. The number of nitrogens with one attached hydrogen (secondary N) is 3. The Balaban J connectivity index is 0.000000673. The molecular weight excluding hydrogens is 521 g/mol. The van der Waals surface area contributed by atoms with E-state index in [1.54, 1.807) is 6.07 Å². The molecule has 2 aromatic rings. The molecule has 1 aliphatic rings. The van der Waals surface area contributed by atoms with Crippen LogP contribution in [0.1, 0.15) is 28.8 Å². The summed E-state index contributed by atoms with van der Waals surface area (Å²) >= 11 is 0. The van der Waals surface area contributed by atoms with Gasteiger partial charge in [-0.1, -0.05) is 36.4 Å². The molecule has 0 aliphatic carbocycles. The molecule has 13 heteroatoms. The molecule has 0 bridgehead atoms. The fraction of sp³-hybridized carbons (Fsp3) is 0.385. The molecule has 10 nitrogen and oxygen atoms in total. The first kappa shape index (κ1) is 31.1. The Morgan fingerprint density at radius 1 is 0.974 bits per heavy atom. The van der Waals surface area contributed by atoms with Crippen molar-refractivity contribution in [1.82, 2.24) is 16.0 Å². The van der Waals surface area contributed by atoms with E-state index in [2.05, 4.69) is 20.9 Å². The maximum Gasteiger partial charge on any atom is 0.490 e. The number of nitrogens with zero attached hydrogens (tertiary/aromatic N) is 1. The predicted octanol–water partition coefficient (Wildman–Crippen LogP) is 2.05. The van der Waals surface area contributed by atoms with Gasteiger partial charge in [0, 0.05) is 43.5 Å². The van der Waals surface area contributed by atoms with E-state index in [4.69, 9.17) is 15.0 Å². The lowest BCUT2D eigenvalue weighted by Gasteiger charge is -2.29. The van der Waals surface area contributed by atoms with E-state index in [-0.39, 0.29) is 18.9 Å². The number of rotatable bonds is 10. The van der Waals surface area contributed by atoms with Crippen molar-refractivity contribution in [3.63, 3.8) is 0 Å². The summed E-state index contributed by atoms with van der Waals surface area (Å²) in [6, 6.07) is 16.5. The summed E-state index contributed by atoms with van der Waals surface area (Å²) < 4.78 is 31.7. The number of benzene rings is 2. The largest absolute Gasteiger partial charge is 0.490 e. The Labute approximate surface area is 223 Å². The SMILES string of the molecule is O=C(O)C(F)(F)F.O=C(O)C[C@@H](CCc1ccccc1)NC(=O)CNC(=O)c1cccc(N2CCNCC2)c1. The van der Waals surface area contributed by atoms with Gasteiger partial charge in [-0.25, -0.2) is 4.79 Å². The molecule has 1 aliphatic heterocycles. The molecule has 39 heavy (non-hydrogen) atoms. The van der Waals surface area contributed by atoms with E-state index in [1.807, 2.05) is 48.5 Å². The molecule has 0 aromatic heterocycles. The van der Waals surface area contributed by atoms with Crippen molar-refractivity contribution in [2.24, 2.45) is 0 Å². The van der Waals surface area contributed by atoms with Crippen molar-refractivity contribution in [3.05, 3.63) is 65.7 Å². The van der Waals surface area contributed by atoms with Crippen LogP contribution in [0.25, 0.3) is 0 Å². The van der Waals surface area contributed by atoms with Crippen molar-refractivity contribution < 1.29 is 42.6 Å². The van der Waals surface area contributed by atoms with Gasteiger partial charge in [-0.15, -0.1) is 0 Å². The second kappa shape index (κ2) is 15.3. The van der Waals surface area contributed by atoms with Crippen LogP contribution in [0, 0.1) is 0 Å². The van der Waals surface area contributed by atoms with Crippen molar-refractivity contribution in [2.75, 3.05) is 37.6 Å². The summed E-state index contributed by atoms with van der Waals surface area (Å²) in [7, 11) is 0. The van der Waals surface area contributed by atoms with Gasteiger partial charge >= 0.3 is 18.1 Å². The molecule has 2 amide bonds. The molecule has 1 saturated heterocycles. The lowest BCUT2D eigenvalue weighted by Crippen LogP contribution is -2.44. The van der Waals surface area contributed by atoms with Crippen LogP contribution in [0.15, 0.2) is 54.6 Å². The lowest BCUT2D eigenvalue weighted by atomic mass is 10.0. The molecular formula is C26H31F3N4O6. The van der Waals surface area contributed by atoms with Crippen LogP contribution in [0.3, 0.4) is 0 Å². The van der Waals surface area contributed by atoms with Crippen LogP contribution in [0.2, 0.25) is 0 Å². The summed E-state index contributed by atoms with van der Waals surface area (Å²) in [5, 5.41) is 25.0. The van der Waals surface area contributed by atoms with Gasteiger partial charge in [-0.2, -0.15) is 13.2 Å². The van der Waals surface area contributed by atoms with Gasteiger partial charge in [0.05, 0.1) is 13.0 Å². The predicted molar refractivity (Wildman–Crippen MR) is 136 cm³/mol. The van der Waals surface area contributed by atoms with Crippen molar-refractivity contribution in [2.45, 2.75) is 31.5 Å². The zero-order valence-corrected chi connectivity index (χ0v) is 21.0. The van der Waals surface area contributed by atoms with Gasteiger partial charge in [0.15, 0.2) is 0 Å². The molecule has 1 fully saturated rings. The molecule has 0 saturated carbocycles. The Hall–Kier alpha value is -4.13. The van der Waals surface area contributed by atoms with Gasteiger partial charge in [-0.3, -0.25) is 14.4 Å². The first-order valence-electron chi connectivity index (χ1n) is 12.1. The lowest BCUT2D eigenvalue weighted by molar-refractivity contribution is -0.192. The average Bonchev–Trinajstić information content (AvgIpc) is 2.91. The molecule has 1 heterocycles. The van der Waals surface area contributed by atoms with E-state index in [9.17, 15) is 27.6 Å². The highest BCUT2D eigenvalue weighted by molar-refractivity contribution is 5.97. The number of anilines is 1. The van der Waals surface area contributed by atoms with Gasteiger partial charge in [0.2, 0.25) is 5.91 Å². The Morgan fingerprint density at radius 2 is 1.62 bits per heavy atom. The number of aryl methyl sites for hydroxylation is 1. The number of aliphatic carboxylic acids is 2. The Kier molecular flexibility index (Phi) is 12.2. The molecule has 5 N–H and O–H groups in total. The Morgan fingerprint density at radius 3 is 2.21 bits per heavy atom. The number of hydrogen-bond donors (Lipinski definition) is 5. The summed E-state index contributed by atoms with van der Waals surface area (Å²) in [6.07, 6.45) is -4.09. The third kappa shape index (κ3) is 11.9. The smallest absolute Gasteiger partial charge is 0.481 e. The highest BCUT2D eigenvalue weighted by Gasteiger charge is 2.38. The fourth-order valence-electron chi connectivity index (χ4n) is 3.73. The van der Waals surface area contributed by atoms with Crippen molar-refractivity contribution >= 4 is 29.4 Å². The van der Waals surface area contributed by atoms with E-state index < -0.39 is 30.1 Å². The highest BCUT2D eigenvalue weighted by atomic mass is 19.4. The molecule has 0 spiro atoms. The molecule has 0 radical (unpaired) electrons. The van der Waals surface area contributed by atoms with Crippen molar-refractivity contribution in [3.8, 4) is 0 Å². The molecule has 0 unspecified atom stereocenters. The number of carbonyl (C=O) groups is 4. The first-order chi connectivity index (χ1) is 18.5. The van der Waals surface area contributed by atoms with Crippen LogP contribution >= 0.6 is 0 Å². The summed E-state index contributed by atoms with van der Waals surface area (Å²) in [4.78, 5) is 47.2. The summed E-state index contributed by atoms with van der Waals surface area (Å²) in [5.41, 5.74) is 2.54. The molecule has 3 rings (SSSR count). The maximum atomic E-state index is 12.5. The van der Waals surface area contributed by atoms with Gasteiger partial charge in [-0.05, 0) is 36.6 Å². The van der Waals surface area contributed by atoms with Gasteiger partial charge < -0.3 is 31.1 Å².